The third kappa shape index (κ3) is 7.78. The first-order valence-corrected chi connectivity index (χ1v) is 16.9. The molecule has 2 aromatic rings. The van der Waals surface area contributed by atoms with Crippen molar-refractivity contribution >= 4 is 23.7 Å². The van der Waals surface area contributed by atoms with Crippen LogP contribution >= 0.6 is 0 Å². The van der Waals surface area contributed by atoms with Gasteiger partial charge in [-0.15, -0.1) is 0 Å². The van der Waals surface area contributed by atoms with Crippen molar-refractivity contribution in [2.24, 2.45) is 0 Å². The molecule has 10 heteroatoms. The van der Waals surface area contributed by atoms with Crippen molar-refractivity contribution in [3.63, 3.8) is 0 Å². The number of carboxylic acid groups (broad SMARTS) is 1. The molecular formula is C36H48N4O6. The summed E-state index contributed by atoms with van der Waals surface area (Å²) in [4.78, 5) is 55.6. The lowest BCUT2D eigenvalue weighted by molar-refractivity contribution is -0.163. The number of unbranched alkanes of at least 4 members (excludes halogenated alkanes) is 1. The number of carboxylic acids is 1. The zero-order valence-corrected chi connectivity index (χ0v) is 26.9. The van der Waals surface area contributed by atoms with E-state index in [1.54, 1.807) is 24.3 Å². The lowest BCUT2D eigenvalue weighted by Crippen LogP contribution is -2.73. The quantitative estimate of drug-likeness (QED) is 0.272. The van der Waals surface area contributed by atoms with Gasteiger partial charge in [-0.2, -0.15) is 0 Å². The number of aliphatic hydroxyl groups is 1. The summed E-state index contributed by atoms with van der Waals surface area (Å²) in [6, 6.07) is 13.2. The minimum atomic E-state index is -0.988. The Bertz CT molecular complexity index is 1380. The molecule has 3 aliphatic rings. The minimum absolute atomic E-state index is 0.0506. The number of piperazine rings is 1. The van der Waals surface area contributed by atoms with Gasteiger partial charge in [0.2, 0.25) is 11.8 Å². The number of carbonyl (C=O) groups is 4. The summed E-state index contributed by atoms with van der Waals surface area (Å²) in [5.74, 6) is -1.33. The van der Waals surface area contributed by atoms with E-state index in [9.17, 15) is 24.3 Å². The number of aromatic carboxylic acids is 1. The summed E-state index contributed by atoms with van der Waals surface area (Å²) in [6.45, 7) is 4.94. The molecule has 2 aromatic carbocycles. The Kier molecular flexibility index (Phi) is 10.8. The molecule has 0 bridgehead atoms. The molecule has 4 N–H and O–H groups in total. The van der Waals surface area contributed by atoms with Crippen LogP contribution in [-0.4, -0.2) is 80.5 Å². The molecule has 2 aliphatic heterocycles. The number of likely N-dealkylation sites (tertiary alicyclic amines) is 1. The van der Waals surface area contributed by atoms with Crippen molar-refractivity contribution in [1.82, 2.24) is 20.4 Å². The lowest BCUT2D eigenvalue weighted by atomic mass is 9.79. The van der Waals surface area contributed by atoms with Crippen LogP contribution < -0.4 is 10.6 Å². The summed E-state index contributed by atoms with van der Waals surface area (Å²) < 4.78 is 0. The monoisotopic (exact) mass is 632 g/mol. The normalized spacial score (nSPS) is 21.4. The fourth-order valence-corrected chi connectivity index (χ4v) is 7.27. The van der Waals surface area contributed by atoms with E-state index in [4.69, 9.17) is 5.11 Å². The number of hydrogen-bond donors (Lipinski definition) is 4. The number of benzene rings is 2. The first kappa shape index (κ1) is 33.6. The third-order valence-corrected chi connectivity index (χ3v) is 10.1. The predicted molar refractivity (Wildman–Crippen MR) is 174 cm³/mol. The smallest absolute Gasteiger partial charge is 0.335 e. The average molecular weight is 633 g/mol. The minimum Gasteiger partial charge on any atom is -0.478 e. The summed E-state index contributed by atoms with van der Waals surface area (Å²) in [5, 5.41) is 26.3. The molecule has 0 radical (unpaired) electrons. The molecule has 3 fully saturated rings. The van der Waals surface area contributed by atoms with E-state index in [1.165, 1.54) is 12.1 Å². The van der Waals surface area contributed by atoms with Crippen LogP contribution in [0.2, 0.25) is 0 Å². The van der Waals surface area contributed by atoms with Gasteiger partial charge in [0, 0.05) is 44.7 Å². The van der Waals surface area contributed by atoms with E-state index in [1.807, 2.05) is 17.0 Å². The fourth-order valence-electron chi connectivity index (χ4n) is 7.27. The second-order valence-corrected chi connectivity index (χ2v) is 13.4. The molecule has 46 heavy (non-hydrogen) atoms. The van der Waals surface area contributed by atoms with Gasteiger partial charge in [0.05, 0.1) is 11.2 Å². The second kappa shape index (κ2) is 14.8. The van der Waals surface area contributed by atoms with Crippen LogP contribution in [0.5, 0.6) is 0 Å². The highest BCUT2D eigenvalue weighted by Gasteiger charge is 2.54. The molecule has 2 heterocycles. The number of amides is 3. The second-order valence-electron chi connectivity index (χ2n) is 13.4. The average Bonchev–Trinajstić information content (AvgIpc) is 3.28. The van der Waals surface area contributed by atoms with Crippen LogP contribution in [0.15, 0.2) is 48.5 Å². The Hall–Kier alpha value is -3.76. The molecule has 1 saturated carbocycles. The van der Waals surface area contributed by atoms with Gasteiger partial charge in [-0.1, -0.05) is 63.3 Å². The Morgan fingerprint density at radius 1 is 0.891 bits per heavy atom. The van der Waals surface area contributed by atoms with E-state index in [0.29, 0.717) is 64.0 Å². The van der Waals surface area contributed by atoms with Crippen LogP contribution in [0.25, 0.3) is 0 Å². The van der Waals surface area contributed by atoms with E-state index in [2.05, 4.69) is 22.5 Å². The summed E-state index contributed by atoms with van der Waals surface area (Å²) in [5.41, 5.74) is 0.845. The van der Waals surface area contributed by atoms with Crippen LogP contribution in [0, 0.1) is 0 Å². The SMILES string of the molecule is CCCCN1C(=O)[C@@H](CC2(O)CCCCCC2)NC(=O)C12CCN(Cc1ccc(C(=O)NCc3ccc(C(=O)O)cc3)cc1)CC2. The number of nitrogens with one attached hydrogen (secondary N) is 2. The highest BCUT2D eigenvalue weighted by Crippen LogP contribution is 2.37. The summed E-state index contributed by atoms with van der Waals surface area (Å²) in [7, 11) is 0. The number of nitrogens with zero attached hydrogens (tertiary/aromatic N) is 2. The molecule has 1 aliphatic carbocycles. The first-order valence-electron chi connectivity index (χ1n) is 16.9. The largest absolute Gasteiger partial charge is 0.478 e. The summed E-state index contributed by atoms with van der Waals surface area (Å²) >= 11 is 0. The molecule has 3 amide bonds. The number of piperidine rings is 1. The van der Waals surface area contributed by atoms with Crippen LogP contribution in [-0.2, 0) is 22.7 Å². The van der Waals surface area contributed by atoms with Crippen molar-refractivity contribution in [3.8, 4) is 0 Å². The van der Waals surface area contributed by atoms with E-state index >= 15 is 0 Å². The van der Waals surface area contributed by atoms with Crippen LogP contribution in [0.1, 0.15) is 109 Å². The predicted octanol–water partition coefficient (Wildman–Crippen LogP) is 4.25. The maximum Gasteiger partial charge on any atom is 0.335 e. The molecule has 0 aromatic heterocycles. The Balaban J connectivity index is 1.16. The number of rotatable bonds is 11. The fraction of sp³-hybridized carbons (Fsp3) is 0.556. The molecule has 1 atom stereocenters. The van der Waals surface area contributed by atoms with E-state index in [0.717, 1.165) is 49.7 Å². The standard InChI is InChI=1S/C36H48N4O6/c1-2-3-20-40-32(42)30(23-35(46)16-6-4-5-7-17-35)38-34(45)36(40)18-21-39(22-19-36)25-27-10-12-28(13-11-27)31(41)37-24-26-8-14-29(15-9-26)33(43)44/h8-15,30,46H,2-7,16-25H2,1H3,(H,37,41)(H,38,45)(H,43,44)/t30-/m1/s1. The van der Waals surface area contributed by atoms with Crippen molar-refractivity contribution in [2.45, 2.75) is 108 Å². The van der Waals surface area contributed by atoms with Gasteiger partial charge in [-0.3, -0.25) is 19.3 Å². The Morgan fingerprint density at radius 2 is 1.50 bits per heavy atom. The summed E-state index contributed by atoms with van der Waals surface area (Å²) in [6.07, 6.45) is 8.62. The third-order valence-electron chi connectivity index (χ3n) is 10.1. The van der Waals surface area contributed by atoms with Gasteiger partial charge in [0.1, 0.15) is 11.6 Å². The molecule has 5 rings (SSSR count). The van der Waals surface area contributed by atoms with Gasteiger partial charge < -0.3 is 25.7 Å². The maximum absolute atomic E-state index is 13.9. The number of hydrogen-bond acceptors (Lipinski definition) is 6. The van der Waals surface area contributed by atoms with E-state index in [-0.39, 0.29) is 29.7 Å². The Labute approximate surface area is 271 Å². The van der Waals surface area contributed by atoms with Gasteiger partial charge in [-0.05, 0) is 67.5 Å². The van der Waals surface area contributed by atoms with E-state index < -0.39 is 23.2 Å². The van der Waals surface area contributed by atoms with Crippen LogP contribution in [0.3, 0.4) is 0 Å². The molecule has 10 nitrogen and oxygen atoms in total. The van der Waals surface area contributed by atoms with Crippen molar-refractivity contribution < 1.29 is 29.4 Å². The molecular weight excluding hydrogens is 584 g/mol. The molecule has 1 spiro atoms. The first-order chi connectivity index (χ1) is 22.1. The van der Waals surface area contributed by atoms with Gasteiger partial charge in [0.25, 0.3) is 5.91 Å². The molecule has 0 unspecified atom stereocenters. The van der Waals surface area contributed by atoms with Gasteiger partial charge in [0.15, 0.2) is 0 Å². The molecule has 2 saturated heterocycles. The zero-order valence-electron chi connectivity index (χ0n) is 26.9. The topological polar surface area (TPSA) is 139 Å². The lowest BCUT2D eigenvalue weighted by Gasteiger charge is -2.52. The maximum atomic E-state index is 13.9. The van der Waals surface area contributed by atoms with Gasteiger partial charge >= 0.3 is 5.97 Å². The highest BCUT2D eigenvalue weighted by molar-refractivity contribution is 6.00. The zero-order chi connectivity index (χ0) is 32.7. The molecule has 248 valence electrons. The van der Waals surface area contributed by atoms with Crippen LogP contribution in [0.4, 0.5) is 0 Å². The van der Waals surface area contributed by atoms with Crippen molar-refractivity contribution in [3.05, 3.63) is 70.8 Å². The van der Waals surface area contributed by atoms with Crippen molar-refractivity contribution in [2.75, 3.05) is 19.6 Å². The highest BCUT2D eigenvalue weighted by atomic mass is 16.4. The Morgan fingerprint density at radius 3 is 2.11 bits per heavy atom. The van der Waals surface area contributed by atoms with Crippen molar-refractivity contribution in [1.29, 1.82) is 0 Å². The number of carbonyl (C=O) groups excluding carboxylic acids is 3. The van der Waals surface area contributed by atoms with Gasteiger partial charge in [-0.25, -0.2) is 4.79 Å².